The second-order valence-electron chi connectivity index (χ2n) is 6.02. The summed E-state index contributed by atoms with van der Waals surface area (Å²) in [4.78, 5) is 0. The lowest BCUT2D eigenvalue weighted by molar-refractivity contribution is 0.136. The Balaban J connectivity index is 2.00. The van der Waals surface area contributed by atoms with Crippen LogP contribution in [-0.4, -0.2) is 12.1 Å². The highest BCUT2D eigenvalue weighted by molar-refractivity contribution is 9.10. The maximum Gasteiger partial charge on any atom is 0.128 e. The number of fused-ring (bicyclic) bond motifs is 1. The molecule has 3 heteroatoms. The molecule has 0 spiro atoms. The molecule has 1 aromatic rings. The van der Waals surface area contributed by atoms with Crippen LogP contribution in [0.25, 0.3) is 0 Å². The molecule has 3 rings (SSSR count). The fraction of sp³-hybridized carbons (Fsp3) is 0.600. The van der Waals surface area contributed by atoms with Gasteiger partial charge in [0.2, 0.25) is 0 Å². The Hall–Kier alpha value is -0.540. The first-order valence-corrected chi connectivity index (χ1v) is 7.59. The van der Waals surface area contributed by atoms with Crippen LogP contribution in [0.4, 0.5) is 0 Å². The highest BCUT2D eigenvalue weighted by Crippen LogP contribution is 2.43. The van der Waals surface area contributed by atoms with Crippen molar-refractivity contribution in [2.24, 2.45) is 0 Å². The van der Waals surface area contributed by atoms with Crippen molar-refractivity contribution in [1.29, 1.82) is 0 Å². The minimum absolute atomic E-state index is 0.0630. The van der Waals surface area contributed by atoms with E-state index < -0.39 is 0 Å². The number of piperidine rings is 1. The van der Waals surface area contributed by atoms with E-state index >= 15 is 0 Å². The van der Waals surface area contributed by atoms with E-state index in [9.17, 15) is 0 Å². The zero-order valence-corrected chi connectivity index (χ0v) is 12.6. The van der Waals surface area contributed by atoms with Crippen LogP contribution in [0.5, 0.6) is 5.75 Å². The molecule has 0 radical (unpaired) electrons. The number of benzene rings is 1. The SMILES string of the molecule is CC1(C)Cc2cc(Br)cc(C3CCCCN3)c2O1. The topological polar surface area (TPSA) is 21.3 Å². The van der Waals surface area contributed by atoms with Crippen molar-refractivity contribution < 1.29 is 4.74 Å². The quantitative estimate of drug-likeness (QED) is 0.847. The molecule has 1 fully saturated rings. The van der Waals surface area contributed by atoms with Crippen LogP contribution in [0.1, 0.15) is 50.3 Å². The average molecular weight is 310 g/mol. The summed E-state index contributed by atoms with van der Waals surface area (Å²) >= 11 is 3.64. The summed E-state index contributed by atoms with van der Waals surface area (Å²) in [5.74, 6) is 1.13. The number of halogens is 1. The standard InChI is InChI=1S/C15H20BrNO/c1-15(2)9-10-7-11(16)8-12(14(10)18-15)13-5-3-4-6-17-13/h7-8,13,17H,3-6,9H2,1-2H3. The second kappa shape index (κ2) is 4.53. The smallest absolute Gasteiger partial charge is 0.128 e. The van der Waals surface area contributed by atoms with E-state index in [0.717, 1.165) is 18.7 Å². The molecular weight excluding hydrogens is 290 g/mol. The van der Waals surface area contributed by atoms with Gasteiger partial charge in [-0.1, -0.05) is 22.4 Å². The highest BCUT2D eigenvalue weighted by Gasteiger charge is 2.34. The van der Waals surface area contributed by atoms with Gasteiger partial charge in [-0.25, -0.2) is 0 Å². The summed E-state index contributed by atoms with van der Waals surface area (Å²) in [5.41, 5.74) is 2.62. The van der Waals surface area contributed by atoms with Gasteiger partial charge in [0.25, 0.3) is 0 Å². The van der Waals surface area contributed by atoms with Gasteiger partial charge in [-0.2, -0.15) is 0 Å². The number of hydrogen-bond donors (Lipinski definition) is 1. The van der Waals surface area contributed by atoms with Gasteiger partial charge in [0.1, 0.15) is 11.4 Å². The van der Waals surface area contributed by atoms with Crippen molar-refractivity contribution in [2.45, 2.75) is 51.2 Å². The lowest BCUT2D eigenvalue weighted by atomic mass is 9.94. The maximum absolute atomic E-state index is 6.17. The molecule has 0 saturated carbocycles. The minimum atomic E-state index is -0.0630. The maximum atomic E-state index is 6.17. The summed E-state index contributed by atoms with van der Waals surface area (Å²) in [5, 5.41) is 3.62. The van der Waals surface area contributed by atoms with E-state index in [1.54, 1.807) is 0 Å². The molecule has 0 aromatic heterocycles. The molecule has 0 bridgehead atoms. The molecule has 1 saturated heterocycles. The Morgan fingerprint density at radius 1 is 1.33 bits per heavy atom. The third kappa shape index (κ3) is 2.30. The van der Waals surface area contributed by atoms with Gasteiger partial charge in [-0.05, 0) is 50.9 Å². The number of rotatable bonds is 1. The van der Waals surface area contributed by atoms with E-state index in [1.165, 1.54) is 34.9 Å². The fourth-order valence-corrected chi connectivity index (χ4v) is 3.60. The Morgan fingerprint density at radius 2 is 2.17 bits per heavy atom. The summed E-state index contributed by atoms with van der Waals surface area (Å²) in [6, 6.07) is 4.89. The number of nitrogens with one attached hydrogen (secondary N) is 1. The zero-order chi connectivity index (χ0) is 12.8. The Kier molecular flexibility index (Phi) is 3.15. The number of hydrogen-bond acceptors (Lipinski definition) is 2. The van der Waals surface area contributed by atoms with E-state index in [1.807, 2.05) is 0 Å². The van der Waals surface area contributed by atoms with E-state index in [4.69, 9.17) is 4.74 Å². The largest absolute Gasteiger partial charge is 0.487 e. The molecule has 0 aliphatic carbocycles. The van der Waals surface area contributed by atoms with Crippen molar-refractivity contribution >= 4 is 15.9 Å². The predicted octanol–water partition coefficient (Wildman–Crippen LogP) is 3.98. The van der Waals surface area contributed by atoms with Gasteiger partial charge in [0.15, 0.2) is 0 Å². The average Bonchev–Trinajstić information content (AvgIpc) is 2.63. The monoisotopic (exact) mass is 309 g/mol. The molecule has 1 aromatic carbocycles. The van der Waals surface area contributed by atoms with Crippen LogP contribution in [-0.2, 0) is 6.42 Å². The van der Waals surface area contributed by atoms with Crippen LogP contribution in [0.15, 0.2) is 16.6 Å². The van der Waals surface area contributed by atoms with E-state index in [0.29, 0.717) is 6.04 Å². The molecular formula is C15H20BrNO. The lowest BCUT2D eigenvalue weighted by Crippen LogP contribution is -2.28. The van der Waals surface area contributed by atoms with Crippen molar-refractivity contribution in [1.82, 2.24) is 5.32 Å². The Morgan fingerprint density at radius 3 is 2.89 bits per heavy atom. The van der Waals surface area contributed by atoms with Gasteiger partial charge in [-0.3, -0.25) is 0 Å². The van der Waals surface area contributed by atoms with Gasteiger partial charge >= 0.3 is 0 Å². The molecule has 2 aliphatic rings. The normalized spacial score (nSPS) is 25.6. The first-order chi connectivity index (χ1) is 8.55. The molecule has 18 heavy (non-hydrogen) atoms. The van der Waals surface area contributed by atoms with Gasteiger partial charge in [0.05, 0.1) is 0 Å². The molecule has 2 aliphatic heterocycles. The van der Waals surface area contributed by atoms with Crippen LogP contribution in [0.3, 0.4) is 0 Å². The second-order valence-corrected chi connectivity index (χ2v) is 6.94. The fourth-order valence-electron chi connectivity index (χ4n) is 3.08. The van der Waals surface area contributed by atoms with Crippen molar-refractivity contribution in [3.05, 3.63) is 27.7 Å². The summed E-state index contributed by atoms with van der Waals surface area (Å²) in [6.45, 7) is 5.45. The molecule has 98 valence electrons. The Labute approximate surface area is 117 Å². The molecule has 1 atom stereocenters. The third-order valence-electron chi connectivity index (χ3n) is 3.84. The lowest BCUT2D eigenvalue weighted by Gasteiger charge is -2.26. The van der Waals surface area contributed by atoms with Crippen LogP contribution < -0.4 is 10.1 Å². The van der Waals surface area contributed by atoms with Crippen molar-refractivity contribution in [3.63, 3.8) is 0 Å². The first kappa shape index (κ1) is 12.5. The third-order valence-corrected chi connectivity index (χ3v) is 4.30. The first-order valence-electron chi connectivity index (χ1n) is 6.80. The molecule has 2 nitrogen and oxygen atoms in total. The Bertz CT molecular complexity index is 464. The minimum Gasteiger partial charge on any atom is -0.487 e. The highest BCUT2D eigenvalue weighted by atomic mass is 79.9. The molecule has 1 N–H and O–H groups in total. The molecule has 2 heterocycles. The summed E-state index contributed by atoms with van der Waals surface area (Å²) in [6.07, 6.45) is 4.82. The van der Waals surface area contributed by atoms with E-state index in [2.05, 4.69) is 47.2 Å². The van der Waals surface area contributed by atoms with Crippen LogP contribution in [0.2, 0.25) is 0 Å². The van der Waals surface area contributed by atoms with Crippen LogP contribution in [0, 0.1) is 0 Å². The van der Waals surface area contributed by atoms with E-state index in [-0.39, 0.29) is 5.60 Å². The van der Waals surface area contributed by atoms with Gasteiger partial charge < -0.3 is 10.1 Å². The number of ether oxygens (including phenoxy) is 1. The molecule has 1 unspecified atom stereocenters. The van der Waals surface area contributed by atoms with Crippen molar-refractivity contribution in [2.75, 3.05) is 6.54 Å². The van der Waals surface area contributed by atoms with Gasteiger partial charge in [0, 0.05) is 22.5 Å². The zero-order valence-electron chi connectivity index (χ0n) is 11.1. The molecule has 0 amide bonds. The summed E-state index contributed by atoms with van der Waals surface area (Å²) < 4.78 is 7.34. The summed E-state index contributed by atoms with van der Waals surface area (Å²) in [7, 11) is 0. The van der Waals surface area contributed by atoms with Crippen LogP contribution >= 0.6 is 15.9 Å². The van der Waals surface area contributed by atoms with Gasteiger partial charge in [-0.15, -0.1) is 0 Å². The van der Waals surface area contributed by atoms with Crippen molar-refractivity contribution in [3.8, 4) is 5.75 Å². The predicted molar refractivity (Wildman–Crippen MR) is 77.1 cm³/mol.